The highest BCUT2D eigenvalue weighted by Crippen LogP contribution is 2.33. The summed E-state index contributed by atoms with van der Waals surface area (Å²) in [6, 6.07) is 20.6. The van der Waals surface area contributed by atoms with Crippen molar-refractivity contribution in [2.75, 3.05) is 36.4 Å². The van der Waals surface area contributed by atoms with Crippen LogP contribution in [0.25, 0.3) is 10.9 Å². The molecule has 2 heterocycles. The second kappa shape index (κ2) is 9.53. The van der Waals surface area contributed by atoms with Crippen molar-refractivity contribution in [1.29, 1.82) is 0 Å². The maximum Gasteiger partial charge on any atom is 0.416 e. The molecule has 1 aliphatic rings. The van der Waals surface area contributed by atoms with E-state index in [0.717, 1.165) is 30.9 Å². The number of alkyl halides is 3. The molecule has 3 aromatic carbocycles. The summed E-state index contributed by atoms with van der Waals surface area (Å²) in [5.74, 6) is -0.0139. The number of aryl methyl sites for hydroxylation is 1. The lowest BCUT2D eigenvalue weighted by Gasteiger charge is -2.36. The Kier molecular flexibility index (Phi) is 6.26. The van der Waals surface area contributed by atoms with Gasteiger partial charge in [-0.1, -0.05) is 24.3 Å². The summed E-state index contributed by atoms with van der Waals surface area (Å²) in [4.78, 5) is 21.3. The van der Waals surface area contributed by atoms with Gasteiger partial charge in [0.2, 0.25) is 0 Å². The van der Waals surface area contributed by atoms with Crippen LogP contribution in [-0.2, 0) is 6.18 Å². The van der Waals surface area contributed by atoms with Gasteiger partial charge < -0.3 is 15.1 Å². The van der Waals surface area contributed by atoms with Crippen molar-refractivity contribution in [2.24, 2.45) is 0 Å². The van der Waals surface area contributed by atoms with Crippen LogP contribution in [0.1, 0.15) is 21.5 Å². The molecule has 36 heavy (non-hydrogen) atoms. The summed E-state index contributed by atoms with van der Waals surface area (Å²) < 4.78 is 39.1. The van der Waals surface area contributed by atoms with E-state index in [0.29, 0.717) is 29.7 Å². The molecule has 0 bridgehead atoms. The fraction of sp³-hybridized carbons (Fsp3) is 0.214. The molecule has 0 aliphatic carbocycles. The predicted octanol–water partition coefficient (Wildman–Crippen LogP) is 6.27. The maximum absolute atomic E-state index is 13.1. The molecule has 1 amide bonds. The highest BCUT2D eigenvalue weighted by atomic mass is 19.4. The van der Waals surface area contributed by atoms with Crippen LogP contribution >= 0.6 is 0 Å². The van der Waals surface area contributed by atoms with E-state index in [4.69, 9.17) is 0 Å². The number of amides is 1. The van der Waals surface area contributed by atoms with Crippen molar-refractivity contribution >= 4 is 33.9 Å². The number of piperazine rings is 1. The lowest BCUT2D eigenvalue weighted by atomic mass is 10.1. The lowest BCUT2D eigenvalue weighted by molar-refractivity contribution is -0.137. The first-order valence-electron chi connectivity index (χ1n) is 11.7. The minimum absolute atomic E-state index is 0.0139. The van der Waals surface area contributed by atoms with Crippen LogP contribution in [-0.4, -0.2) is 42.0 Å². The lowest BCUT2D eigenvalue weighted by Crippen LogP contribution is -2.49. The standard InChI is InChI=1S/C28H25F3N4O/c1-19-4-2-3-5-26(19)34-14-16-35(17-15-34)27(36)20-6-9-22(10-7-20)33-24-12-13-32-25-18-21(28(29,30)31)8-11-23(24)25/h2-13,18H,14-17H2,1H3,(H,32,33). The first-order valence-corrected chi connectivity index (χ1v) is 11.7. The van der Waals surface area contributed by atoms with Gasteiger partial charge in [0, 0.05) is 60.4 Å². The Morgan fingerprint density at radius 1 is 0.917 bits per heavy atom. The van der Waals surface area contributed by atoms with E-state index >= 15 is 0 Å². The van der Waals surface area contributed by atoms with Gasteiger partial charge >= 0.3 is 6.18 Å². The molecule has 0 radical (unpaired) electrons. The smallest absolute Gasteiger partial charge is 0.368 e. The van der Waals surface area contributed by atoms with E-state index in [1.807, 2.05) is 17.0 Å². The van der Waals surface area contributed by atoms with Gasteiger partial charge in [0.25, 0.3) is 5.91 Å². The van der Waals surface area contributed by atoms with E-state index in [-0.39, 0.29) is 11.4 Å². The quantitative estimate of drug-likeness (QED) is 0.366. The van der Waals surface area contributed by atoms with Gasteiger partial charge in [0.15, 0.2) is 0 Å². The number of halogens is 3. The Hall–Kier alpha value is -4.07. The third-order valence-corrected chi connectivity index (χ3v) is 6.50. The fourth-order valence-corrected chi connectivity index (χ4v) is 4.54. The maximum atomic E-state index is 13.1. The normalized spacial score (nSPS) is 14.2. The highest BCUT2D eigenvalue weighted by Gasteiger charge is 2.30. The third kappa shape index (κ3) is 4.84. The van der Waals surface area contributed by atoms with Gasteiger partial charge in [-0.2, -0.15) is 13.2 Å². The second-order valence-corrected chi connectivity index (χ2v) is 8.86. The van der Waals surface area contributed by atoms with Crippen LogP contribution in [0, 0.1) is 6.92 Å². The SMILES string of the molecule is Cc1ccccc1N1CCN(C(=O)c2ccc(Nc3ccnc4cc(C(F)(F)F)ccc34)cc2)CC1. The average molecular weight is 491 g/mol. The van der Waals surface area contributed by atoms with Crippen LogP contribution in [0.2, 0.25) is 0 Å². The molecule has 1 N–H and O–H groups in total. The number of hydrogen-bond acceptors (Lipinski definition) is 4. The van der Waals surface area contributed by atoms with Crippen LogP contribution in [0.5, 0.6) is 0 Å². The summed E-state index contributed by atoms with van der Waals surface area (Å²) in [7, 11) is 0. The Labute approximate surface area is 207 Å². The zero-order chi connectivity index (χ0) is 25.3. The molecule has 4 aromatic rings. The third-order valence-electron chi connectivity index (χ3n) is 6.50. The van der Waals surface area contributed by atoms with Gasteiger partial charge in [0.1, 0.15) is 0 Å². The minimum atomic E-state index is -4.42. The van der Waals surface area contributed by atoms with Crippen molar-refractivity contribution in [3.8, 4) is 0 Å². The number of pyridine rings is 1. The molecular formula is C28H25F3N4O. The summed E-state index contributed by atoms with van der Waals surface area (Å²) in [6.45, 7) is 4.95. The monoisotopic (exact) mass is 490 g/mol. The first kappa shape index (κ1) is 23.7. The minimum Gasteiger partial charge on any atom is -0.368 e. The van der Waals surface area contributed by atoms with E-state index in [1.165, 1.54) is 23.5 Å². The van der Waals surface area contributed by atoms with Gasteiger partial charge in [0.05, 0.1) is 11.1 Å². The zero-order valence-electron chi connectivity index (χ0n) is 19.7. The second-order valence-electron chi connectivity index (χ2n) is 8.86. The van der Waals surface area contributed by atoms with Gasteiger partial charge in [-0.25, -0.2) is 0 Å². The number of carbonyl (C=O) groups excluding carboxylic acids is 1. The zero-order valence-corrected chi connectivity index (χ0v) is 19.7. The summed E-state index contributed by atoms with van der Waals surface area (Å²) in [5.41, 5.74) is 3.91. The van der Waals surface area contributed by atoms with Crippen LogP contribution in [0.15, 0.2) is 79.0 Å². The fourth-order valence-electron chi connectivity index (χ4n) is 4.54. The van der Waals surface area contributed by atoms with Gasteiger partial charge in [-0.15, -0.1) is 0 Å². The summed E-state index contributed by atoms with van der Waals surface area (Å²) in [5, 5.41) is 3.81. The predicted molar refractivity (Wildman–Crippen MR) is 136 cm³/mol. The van der Waals surface area contributed by atoms with E-state index in [1.54, 1.807) is 30.3 Å². The Morgan fingerprint density at radius 2 is 1.64 bits per heavy atom. The molecule has 5 rings (SSSR count). The molecule has 8 heteroatoms. The first-order chi connectivity index (χ1) is 17.3. The number of hydrogen-bond donors (Lipinski definition) is 1. The molecule has 1 aliphatic heterocycles. The number of benzene rings is 3. The van der Waals surface area contributed by atoms with E-state index in [2.05, 4.69) is 34.3 Å². The number of para-hydroxylation sites is 1. The molecule has 184 valence electrons. The van der Waals surface area contributed by atoms with Crippen molar-refractivity contribution in [3.05, 3.63) is 95.7 Å². The molecule has 0 unspecified atom stereocenters. The molecule has 1 aromatic heterocycles. The Morgan fingerprint density at radius 3 is 2.33 bits per heavy atom. The number of carbonyl (C=O) groups is 1. The Balaban J connectivity index is 1.25. The summed E-state index contributed by atoms with van der Waals surface area (Å²) >= 11 is 0. The molecule has 1 saturated heterocycles. The van der Waals surface area contributed by atoms with Gasteiger partial charge in [-0.05, 0) is 61.0 Å². The number of anilines is 3. The van der Waals surface area contributed by atoms with Crippen molar-refractivity contribution in [3.63, 3.8) is 0 Å². The van der Waals surface area contributed by atoms with Crippen molar-refractivity contribution in [1.82, 2.24) is 9.88 Å². The van der Waals surface area contributed by atoms with Crippen molar-refractivity contribution < 1.29 is 18.0 Å². The van der Waals surface area contributed by atoms with Gasteiger partial charge in [-0.3, -0.25) is 9.78 Å². The molecule has 1 fully saturated rings. The topological polar surface area (TPSA) is 48.5 Å². The number of nitrogens with one attached hydrogen (secondary N) is 1. The Bertz CT molecular complexity index is 1390. The summed E-state index contributed by atoms with van der Waals surface area (Å²) in [6.07, 6.45) is -2.95. The number of rotatable bonds is 4. The van der Waals surface area contributed by atoms with Crippen molar-refractivity contribution in [2.45, 2.75) is 13.1 Å². The number of aromatic nitrogens is 1. The molecular weight excluding hydrogens is 465 g/mol. The number of nitrogens with zero attached hydrogens (tertiary/aromatic N) is 3. The highest BCUT2D eigenvalue weighted by molar-refractivity contribution is 5.96. The van der Waals surface area contributed by atoms with E-state index in [9.17, 15) is 18.0 Å². The molecule has 0 saturated carbocycles. The van der Waals surface area contributed by atoms with Crippen LogP contribution in [0.3, 0.4) is 0 Å². The molecule has 0 atom stereocenters. The van der Waals surface area contributed by atoms with Crippen LogP contribution in [0.4, 0.5) is 30.2 Å². The average Bonchev–Trinajstić information content (AvgIpc) is 2.88. The van der Waals surface area contributed by atoms with Crippen LogP contribution < -0.4 is 10.2 Å². The number of fused-ring (bicyclic) bond motifs is 1. The molecule has 5 nitrogen and oxygen atoms in total. The largest absolute Gasteiger partial charge is 0.416 e. The molecule has 0 spiro atoms. The van der Waals surface area contributed by atoms with E-state index < -0.39 is 11.7 Å².